The van der Waals surface area contributed by atoms with Crippen LogP contribution in [-0.2, 0) is 24.7 Å². The number of carbonyl (C=O) groups is 1. The van der Waals surface area contributed by atoms with Gasteiger partial charge >= 0.3 is 5.97 Å². The Bertz CT molecular complexity index is 1630. The predicted octanol–water partition coefficient (Wildman–Crippen LogP) is 5.89. The average molecular weight is 730 g/mol. The largest absolute Gasteiger partial charge is 0.477 e. The summed E-state index contributed by atoms with van der Waals surface area (Å²) in [5.74, 6) is -0.990. The Labute approximate surface area is 241 Å². The Kier molecular flexibility index (Phi) is 7.71. The molecule has 0 saturated heterocycles. The van der Waals surface area contributed by atoms with Crippen LogP contribution in [0.15, 0.2) is 123 Å². The molecule has 7 rings (SSSR count). The van der Waals surface area contributed by atoms with Crippen molar-refractivity contribution in [2.45, 2.75) is 19.6 Å². The number of benzene rings is 3. The maximum absolute atomic E-state index is 14.7. The van der Waals surface area contributed by atoms with Gasteiger partial charge in [-0.3, -0.25) is 0 Å². The zero-order valence-corrected chi connectivity index (χ0v) is 24.5. The molecular formula is C29H18IrN2O3PS2-. The third-order valence-electron chi connectivity index (χ3n) is 5.95. The number of nitrogens with zero attached hydrogens (tertiary/aromatic N) is 2. The van der Waals surface area contributed by atoms with E-state index in [1.807, 2.05) is 54.6 Å². The van der Waals surface area contributed by atoms with Crippen LogP contribution in [0.2, 0.25) is 0 Å². The Hall–Kier alpha value is -2.99. The van der Waals surface area contributed by atoms with E-state index in [2.05, 4.69) is 34.2 Å². The van der Waals surface area contributed by atoms with Crippen molar-refractivity contribution in [3.8, 4) is 11.3 Å². The van der Waals surface area contributed by atoms with Crippen molar-refractivity contribution in [1.82, 2.24) is 9.97 Å². The number of aromatic nitrogens is 2. The van der Waals surface area contributed by atoms with E-state index >= 15 is 0 Å². The summed E-state index contributed by atoms with van der Waals surface area (Å²) in [7, 11) is -2.92. The summed E-state index contributed by atoms with van der Waals surface area (Å²) in [6, 6.07) is 32.5. The molecule has 5 nitrogen and oxygen atoms in total. The summed E-state index contributed by atoms with van der Waals surface area (Å²) in [5, 5.41) is 11.2. The van der Waals surface area contributed by atoms with Gasteiger partial charge in [-0.05, 0) is 41.3 Å². The van der Waals surface area contributed by atoms with Gasteiger partial charge in [0.15, 0.2) is 0 Å². The fourth-order valence-corrected chi connectivity index (χ4v) is 11.1. The first-order valence-corrected chi connectivity index (χ1v) is 14.7. The third-order valence-corrected chi connectivity index (χ3v) is 12.0. The van der Waals surface area contributed by atoms with E-state index < -0.39 is 13.1 Å². The second-order valence-corrected chi connectivity index (χ2v) is 13.0. The molecule has 2 aromatic heterocycles. The number of hydrogen-bond donors (Lipinski definition) is 1. The van der Waals surface area contributed by atoms with Crippen LogP contribution in [0, 0.1) is 6.07 Å². The van der Waals surface area contributed by atoms with E-state index in [1.54, 1.807) is 41.9 Å². The van der Waals surface area contributed by atoms with Gasteiger partial charge in [0.2, 0.25) is 0 Å². The monoisotopic (exact) mass is 730 g/mol. The Morgan fingerprint density at radius 1 is 0.763 bits per heavy atom. The number of aromatic carboxylic acids is 1. The fourth-order valence-electron chi connectivity index (χ4n) is 4.33. The van der Waals surface area contributed by atoms with Crippen LogP contribution in [0.4, 0.5) is 0 Å². The van der Waals surface area contributed by atoms with Crippen LogP contribution >= 0.6 is 30.7 Å². The van der Waals surface area contributed by atoms with Gasteiger partial charge < -0.3 is 14.7 Å². The van der Waals surface area contributed by atoms with Crippen LogP contribution in [0.5, 0.6) is 0 Å². The van der Waals surface area contributed by atoms with E-state index in [-0.39, 0.29) is 25.8 Å². The van der Waals surface area contributed by atoms with E-state index in [0.29, 0.717) is 0 Å². The molecule has 0 amide bonds. The zero-order chi connectivity index (χ0) is 25.4. The topological polar surface area (TPSA) is 80.1 Å². The molecule has 0 spiro atoms. The van der Waals surface area contributed by atoms with Crippen molar-refractivity contribution in [2.75, 3.05) is 0 Å². The maximum Gasteiger partial charge on any atom is 0.354 e. The minimum atomic E-state index is -2.92. The van der Waals surface area contributed by atoms with Crippen LogP contribution in [0.1, 0.15) is 10.5 Å². The molecule has 1 radical (unpaired) electrons. The Morgan fingerprint density at radius 2 is 1.37 bits per heavy atom. The molecule has 9 heteroatoms. The van der Waals surface area contributed by atoms with Crippen LogP contribution in [-0.4, -0.2) is 21.0 Å². The van der Waals surface area contributed by atoms with Crippen LogP contribution in [0.3, 0.4) is 0 Å². The second kappa shape index (κ2) is 11.0. The van der Waals surface area contributed by atoms with Crippen molar-refractivity contribution in [3.05, 3.63) is 115 Å². The molecular weight excluding hydrogens is 712 g/mol. The maximum atomic E-state index is 14.7. The van der Waals surface area contributed by atoms with E-state index in [4.69, 9.17) is 5.11 Å². The summed E-state index contributed by atoms with van der Waals surface area (Å²) in [4.78, 5) is 22.4. The molecule has 0 fully saturated rings. The third kappa shape index (κ3) is 4.68. The van der Waals surface area contributed by atoms with Crippen LogP contribution in [0.25, 0.3) is 11.3 Å². The van der Waals surface area contributed by atoms with Gasteiger partial charge in [0.05, 0.1) is 0 Å². The first kappa shape index (κ1) is 26.6. The van der Waals surface area contributed by atoms with Crippen LogP contribution < -0.4 is 15.9 Å². The summed E-state index contributed by atoms with van der Waals surface area (Å²) >= 11 is 3.36. The molecule has 0 saturated carbocycles. The molecule has 0 bridgehead atoms. The predicted molar refractivity (Wildman–Crippen MR) is 147 cm³/mol. The Balaban J connectivity index is 0.000000253. The molecule has 2 aliphatic rings. The van der Waals surface area contributed by atoms with E-state index in [9.17, 15) is 9.36 Å². The number of carboxylic acid groups (broad SMARTS) is 1. The molecule has 2 aliphatic heterocycles. The van der Waals surface area contributed by atoms with Crippen molar-refractivity contribution in [2.24, 2.45) is 0 Å². The molecule has 5 aromatic rings. The minimum absolute atomic E-state index is 0. The van der Waals surface area contributed by atoms with Crippen molar-refractivity contribution in [3.63, 3.8) is 0 Å². The summed E-state index contributed by atoms with van der Waals surface area (Å²) in [6.07, 6.45) is 3.24. The average Bonchev–Trinajstić information content (AvgIpc) is 2.94. The quantitative estimate of drug-likeness (QED) is 0.176. The van der Waals surface area contributed by atoms with E-state index in [1.165, 1.54) is 12.3 Å². The summed E-state index contributed by atoms with van der Waals surface area (Å²) in [5.41, 5.74) is 1.91. The minimum Gasteiger partial charge on any atom is -0.477 e. The molecule has 3 aromatic carbocycles. The first-order chi connectivity index (χ1) is 18.1. The van der Waals surface area contributed by atoms with Gasteiger partial charge in [-0.2, -0.15) is 0 Å². The van der Waals surface area contributed by atoms with Gasteiger partial charge in [-0.25, -0.2) is 9.78 Å². The summed E-state index contributed by atoms with van der Waals surface area (Å²) < 4.78 is 14.7. The van der Waals surface area contributed by atoms with E-state index in [0.717, 1.165) is 46.8 Å². The second-order valence-electron chi connectivity index (χ2n) is 8.21. The van der Waals surface area contributed by atoms with Gasteiger partial charge in [-0.15, -0.1) is 41.2 Å². The van der Waals surface area contributed by atoms with Crippen molar-refractivity contribution in [1.29, 1.82) is 0 Å². The van der Waals surface area contributed by atoms with Crippen molar-refractivity contribution < 1.29 is 34.6 Å². The molecule has 1 atom stereocenters. The molecule has 189 valence electrons. The molecule has 38 heavy (non-hydrogen) atoms. The standard InChI is InChI=1S/C23H13NOPS2.C6H5NO2.Ir/c25-26-17-8-1-3-10-19(17)27-21-13-15(16-7-5-6-12-24-16)14-22(23(21)26)28-20-11-4-2-9-18(20)26;8-6(9)5-3-1-2-4-7-5;/h1-13H;1-4H,(H,8,9);/q-1;;. The van der Waals surface area contributed by atoms with Gasteiger partial charge in [0, 0.05) is 52.9 Å². The number of hydrogen-bond acceptors (Lipinski definition) is 6. The number of rotatable bonds is 2. The Morgan fingerprint density at radius 3 is 1.95 bits per heavy atom. The van der Waals surface area contributed by atoms with Gasteiger partial charge in [0.1, 0.15) is 12.8 Å². The molecule has 1 N–H and O–H groups in total. The SMILES string of the molecule is O=C(O)c1ccccn1.O=P12c3ccccc3Sc3[c-]c(-c4ccccn4)cc(c31)Sc1ccccc12.[Ir]. The smallest absolute Gasteiger partial charge is 0.354 e. The van der Waals surface area contributed by atoms with Gasteiger partial charge in [0.25, 0.3) is 0 Å². The number of carboxylic acids is 1. The molecule has 0 aliphatic carbocycles. The van der Waals surface area contributed by atoms with Gasteiger partial charge in [-0.1, -0.05) is 64.4 Å². The zero-order valence-electron chi connectivity index (χ0n) is 19.6. The summed E-state index contributed by atoms with van der Waals surface area (Å²) in [6.45, 7) is 0. The fraction of sp³-hybridized carbons (Fsp3) is 0. The molecule has 4 heterocycles. The van der Waals surface area contributed by atoms with Crippen molar-refractivity contribution >= 4 is 52.5 Å². The first-order valence-electron chi connectivity index (χ1n) is 11.4. The number of fused-ring (bicyclic) bond motifs is 4. The number of pyridine rings is 2. The normalized spacial score (nSPS) is 15.9. The molecule has 1 unspecified atom stereocenters.